The van der Waals surface area contributed by atoms with Crippen LogP contribution in [-0.4, -0.2) is 38.0 Å². The Balaban J connectivity index is 1.21. The van der Waals surface area contributed by atoms with Crippen molar-refractivity contribution in [1.82, 2.24) is 24.3 Å². The van der Waals surface area contributed by atoms with Crippen LogP contribution < -0.4 is 14.2 Å². The summed E-state index contributed by atoms with van der Waals surface area (Å²) in [7, 11) is 3.41. The first-order chi connectivity index (χ1) is 17.5. The van der Waals surface area contributed by atoms with E-state index in [1.54, 1.807) is 23.1 Å². The van der Waals surface area contributed by atoms with E-state index in [1.807, 2.05) is 55.2 Å². The lowest BCUT2D eigenvalue weighted by Gasteiger charge is -2.27. The number of aromatic nitrogens is 5. The van der Waals surface area contributed by atoms with Crippen molar-refractivity contribution in [3.05, 3.63) is 83.8 Å². The SMILES string of the molecule is COc1ccc(C2COc3cc(Cn4cnc5cc(-c6cn(C)nc6C)cnc54)ccc3O2)c(F)c1. The van der Waals surface area contributed by atoms with Crippen LogP contribution in [0.5, 0.6) is 17.2 Å². The first-order valence-corrected chi connectivity index (χ1v) is 11.6. The number of rotatable bonds is 5. The van der Waals surface area contributed by atoms with Crippen molar-refractivity contribution in [1.29, 1.82) is 0 Å². The van der Waals surface area contributed by atoms with Crippen LogP contribution >= 0.6 is 0 Å². The molecule has 8 nitrogen and oxygen atoms in total. The van der Waals surface area contributed by atoms with E-state index < -0.39 is 6.10 Å². The van der Waals surface area contributed by atoms with Gasteiger partial charge in [-0.25, -0.2) is 14.4 Å². The molecule has 9 heteroatoms. The standard InChI is InChI=1S/C27H24FN5O3/c1-16-21(13-32(2)31-16)18-9-23-27(29-11-18)33(15-30-23)12-17-4-7-24-25(8-17)35-14-26(36-24)20-6-5-19(34-3)10-22(20)28/h4-11,13,15,26H,12,14H2,1-3H3. The van der Waals surface area contributed by atoms with E-state index in [0.29, 0.717) is 29.4 Å². The third kappa shape index (κ3) is 3.92. The zero-order valence-corrected chi connectivity index (χ0v) is 20.1. The van der Waals surface area contributed by atoms with Crippen molar-refractivity contribution < 1.29 is 18.6 Å². The largest absolute Gasteiger partial charge is 0.497 e. The predicted molar refractivity (Wildman–Crippen MR) is 132 cm³/mol. The summed E-state index contributed by atoms with van der Waals surface area (Å²) < 4.78 is 35.4. The average molecular weight is 486 g/mol. The molecule has 0 fully saturated rings. The summed E-state index contributed by atoms with van der Waals surface area (Å²) in [6.45, 7) is 2.77. The Morgan fingerprint density at radius 1 is 1.11 bits per heavy atom. The Kier molecular flexibility index (Phi) is 5.32. The molecular weight excluding hydrogens is 461 g/mol. The van der Waals surface area contributed by atoms with E-state index >= 15 is 0 Å². The van der Waals surface area contributed by atoms with Gasteiger partial charge in [0.15, 0.2) is 23.3 Å². The number of halogens is 1. The van der Waals surface area contributed by atoms with Crippen LogP contribution in [0.25, 0.3) is 22.3 Å². The molecule has 0 N–H and O–H groups in total. The molecule has 1 aliphatic heterocycles. The summed E-state index contributed by atoms with van der Waals surface area (Å²) in [4.78, 5) is 9.24. The predicted octanol–water partition coefficient (Wildman–Crippen LogP) is 4.85. The van der Waals surface area contributed by atoms with Crippen molar-refractivity contribution in [3.63, 3.8) is 0 Å². The van der Waals surface area contributed by atoms with E-state index in [9.17, 15) is 4.39 Å². The highest BCUT2D eigenvalue weighted by Gasteiger charge is 2.25. The fourth-order valence-electron chi connectivity index (χ4n) is 4.55. The maximum Gasteiger partial charge on any atom is 0.162 e. The van der Waals surface area contributed by atoms with Gasteiger partial charge in [-0.05, 0) is 42.8 Å². The van der Waals surface area contributed by atoms with Crippen molar-refractivity contribution in [2.24, 2.45) is 7.05 Å². The van der Waals surface area contributed by atoms with Crippen LogP contribution in [-0.2, 0) is 13.6 Å². The summed E-state index contributed by atoms with van der Waals surface area (Å²) in [5.74, 6) is 1.28. The zero-order chi connectivity index (χ0) is 24.8. The summed E-state index contributed by atoms with van der Waals surface area (Å²) in [5, 5.41) is 4.41. The highest BCUT2D eigenvalue weighted by molar-refractivity contribution is 5.78. The van der Waals surface area contributed by atoms with Crippen molar-refractivity contribution in [2.45, 2.75) is 19.6 Å². The molecule has 182 valence electrons. The molecule has 5 aromatic rings. The summed E-state index contributed by atoms with van der Waals surface area (Å²) in [5.41, 5.74) is 6.04. The molecule has 3 aromatic heterocycles. The fraction of sp³-hybridized carbons (Fsp3) is 0.222. The topological polar surface area (TPSA) is 76.2 Å². The highest BCUT2D eigenvalue weighted by atomic mass is 19.1. The molecule has 0 amide bonds. The second kappa shape index (κ2) is 8.67. The Labute approximate surface area is 206 Å². The molecule has 6 rings (SSSR count). The van der Waals surface area contributed by atoms with Crippen LogP contribution in [0.3, 0.4) is 0 Å². The minimum Gasteiger partial charge on any atom is -0.497 e. The fourth-order valence-corrected chi connectivity index (χ4v) is 4.55. The minimum atomic E-state index is -0.534. The van der Waals surface area contributed by atoms with Gasteiger partial charge in [0.25, 0.3) is 0 Å². The Morgan fingerprint density at radius 3 is 2.78 bits per heavy atom. The molecule has 4 heterocycles. The van der Waals surface area contributed by atoms with Crippen LogP contribution in [0.2, 0.25) is 0 Å². The number of hydrogen-bond acceptors (Lipinski definition) is 6. The van der Waals surface area contributed by atoms with Crippen molar-refractivity contribution >= 4 is 11.2 Å². The molecule has 36 heavy (non-hydrogen) atoms. The molecule has 2 aromatic carbocycles. The molecule has 1 atom stereocenters. The third-order valence-electron chi connectivity index (χ3n) is 6.35. The van der Waals surface area contributed by atoms with Gasteiger partial charge in [-0.3, -0.25) is 4.68 Å². The highest BCUT2D eigenvalue weighted by Crippen LogP contribution is 2.38. The van der Waals surface area contributed by atoms with Crippen LogP contribution in [0.15, 0.2) is 61.2 Å². The Bertz CT molecular complexity index is 1590. The van der Waals surface area contributed by atoms with Crippen molar-refractivity contribution in [3.8, 4) is 28.4 Å². The summed E-state index contributed by atoms with van der Waals surface area (Å²) in [6.07, 6.45) is 5.09. The van der Waals surface area contributed by atoms with Gasteiger partial charge in [0.2, 0.25) is 0 Å². The Morgan fingerprint density at radius 2 is 2.00 bits per heavy atom. The van der Waals surface area contributed by atoms with Gasteiger partial charge < -0.3 is 18.8 Å². The summed E-state index contributed by atoms with van der Waals surface area (Å²) in [6, 6.07) is 12.5. The van der Waals surface area contributed by atoms with Crippen molar-refractivity contribution in [2.75, 3.05) is 13.7 Å². The second-order valence-electron chi connectivity index (χ2n) is 8.83. The lowest BCUT2D eigenvalue weighted by Crippen LogP contribution is -2.22. The Hall–Kier alpha value is -4.40. The number of benzene rings is 2. The number of hydrogen-bond donors (Lipinski definition) is 0. The number of aryl methyl sites for hydroxylation is 2. The molecule has 1 unspecified atom stereocenters. The smallest absolute Gasteiger partial charge is 0.162 e. The number of nitrogens with zero attached hydrogens (tertiary/aromatic N) is 5. The molecule has 0 saturated heterocycles. The van der Waals surface area contributed by atoms with Crippen LogP contribution in [0.4, 0.5) is 4.39 Å². The van der Waals surface area contributed by atoms with Crippen LogP contribution in [0, 0.1) is 12.7 Å². The maximum absolute atomic E-state index is 14.5. The van der Waals surface area contributed by atoms with Gasteiger partial charge in [-0.2, -0.15) is 5.10 Å². The average Bonchev–Trinajstić information content (AvgIpc) is 3.44. The molecule has 0 bridgehead atoms. The molecule has 1 aliphatic rings. The molecule has 0 radical (unpaired) electrons. The van der Waals surface area contributed by atoms with Gasteiger partial charge in [0, 0.05) is 42.2 Å². The van der Waals surface area contributed by atoms with E-state index in [4.69, 9.17) is 14.2 Å². The number of pyridine rings is 1. The van der Waals surface area contributed by atoms with Gasteiger partial charge in [-0.1, -0.05) is 6.07 Å². The third-order valence-corrected chi connectivity index (χ3v) is 6.35. The molecule has 0 aliphatic carbocycles. The van der Waals surface area contributed by atoms with Crippen LogP contribution in [0.1, 0.15) is 22.9 Å². The molecule has 0 spiro atoms. The maximum atomic E-state index is 14.5. The monoisotopic (exact) mass is 485 g/mol. The zero-order valence-electron chi connectivity index (χ0n) is 20.1. The minimum absolute atomic E-state index is 0.214. The molecular formula is C27H24FN5O3. The first-order valence-electron chi connectivity index (χ1n) is 11.6. The quantitative estimate of drug-likeness (QED) is 0.354. The van der Waals surface area contributed by atoms with E-state index in [-0.39, 0.29) is 12.4 Å². The van der Waals surface area contributed by atoms with E-state index in [2.05, 4.69) is 15.1 Å². The lowest BCUT2D eigenvalue weighted by atomic mass is 10.1. The number of imidazole rings is 1. The van der Waals surface area contributed by atoms with Gasteiger partial charge in [0.1, 0.15) is 23.7 Å². The van der Waals surface area contributed by atoms with Gasteiger partial charge >= 0.3 is 0 Å². The number of ether oxygens (including phenoxy) is 3. The van der Waals surface area contributed by atoms with E-state index in [0.717, 1.165) is 33.5 Å². The second-order valence-corrected chi connectivity index (χ2v) is 8.83. The molecule has 0 saturated carbocycles. The number of fused-ring (bicyclic) bond motifs is 2. The normalized spacial score (nSPS) is 14.8. The first kappa shape index (κ1) is 22.1. The summed E-state index contributed by atoms with van der Waals surface area (Å²) >= 11 is 0. The number of methoxy groups -OCH3 is 1. The lowest BCUT2D eigenvalue weighted by molar-refractivity contribution is 0.0884. The van der Waals surface area contributed by atoms with Gasteiger partial charge in [-0.15, -0.1) is 0 Å². The van der Waals surface area contributed by atoms with Gasteiger partial charge in [0.05, 0.1) is 25.7 Å². The van der Waals surface area contributed by atoms with E-state index in [1.165, 1.54) is 13.2 Å².